The van der Waals surface area contributed by atoms with Crippen molar-refractivity contribution in [2.24, 2.45) is 0 Å². The van der Waals surface area contributed by atoms with Gasteiger partial charge in [0.05, 0.1) is 5.02 Å². The molecule has 0 radical (unpaired) electrons. The molecule has 1 aromatic heterocycles. The van der Waals surface area contributed by atoms with Crippen molar-refractivity contribution >= 4 is 40.7 Å². The quantitative estimate of drug-likeness (QED) is 0.136. The number of halogens is 2. The summed E-state index contributed by atoms with van der Waals surface area (Å²) < 4.78 is 27.1. The average molecular weight is 732 g/mol. The van der Waals surface area contributed by atoms with Gasteiger partial charge in [-0.05, 0) is 83.0 Å². The fourth-order valence-electron chi connectivity index (χ4n) is 5.98. The largest absolute Gasteiger partial charge is 0.489 e. The number of amides is 2. The highest BCUT2D eigenvalue weighted by Gasteiger charge is 2.22. The molecule has 5 rings (SSSR count). The van der Waals surface area contributed by atoms with Crippen LogP contribution in [0.1, 0.15) is 59.5 Å². The lowest BCUT2D eigenvalue weighted by molar-refractivity contribution is 0.0772. The van der Waals surface area contributed by atoms with Crippen LogP contribution in [0.25, 0.3) is 0 Å². The predicted molar refractivity (Wildman–Crippen MR) is 203 cm³/mol. The molecule has 11 nitrogen and oxygen atoms in total. The zero-order chi connectivity index (χ0) is 37.4. The molecule has 3 aromatic carbocycles. The van der Waals surface area contributed by atoms with Gasteiger partial charge in [0.1, 0.15) is 17.9 Å². The highest BCUT2D eigenvalue weighted by molar-refractivity contribution is 6.32. The molecule has 52 heavy (non-hydrogen) atoms. The Hall–Kier alpha value is -4.78. The molecule has 276 valence electrons. The normalized spacial score (nSPS) is 13.6. The zero-order valence-electron chi connectivity index (χ0n) is 30.6. The highest BCUT2D eigenvalue weighted by atomic mass is 35.5. The van der Waals surface area contributed by atoms with Crippen LogP contribution in [-0.2, 0) is 0 Å². The number of carbonyl (C=O) groups excluding carboxylic acids is 2. The van der Waals surface area contributed by atoms with Crippen molar-refractivity contribution in [2.45, 2.75) is 47.6 Å². The van der Waals surface area contributed by atoms with Crippen molar-refractivity contribution < 1.29 is 23.5 Å². The van der Waals surface area contributed by atoms with Crippen LogP contribution in [0.4, 0.5) is 21.7 Å². The minimum Gasteiger partial charge on any atom is -0.489 e. The first-order valence-corrected chi connectivity index (χ1v) is 18.0. The van der Waals surface area contributed by atoms with E-state index in [-0.39, 0.29) is 39.8 Å². The molecular formula is C39H47ClFN7O4. The summed E-state index contributed by atoms with van der Waals surface area (Å²) in [6, 6.07) is 15.4. The number of anilines is 3. The second-order valence-corrected chi connectivity index (χ2v) is 13.4. The maximum Gasteiger partial charge on any atom is 0.262 e. The van der Waals surface area contributed by atoms with E-state index in [1.54, 1.807) is 29.2 Å². The first-order chi connectivity index (χ1) is 25.0. The highest BCUT2D eigenvalue weighted by Crippen LogP contribution is 2.33. The van der Waals surface area contributed by atoms with Crippen molar-refractivity contribution in [1.29, 1.82) is 0 Å². The Morgan fingerprint density at radius 1 is 0.981 bits per heavy atom. The first-order valence-electron chi connectivity index (χ1n) is 17.6. The van der Waals surface area contributed by atoms with Crippen LogP contribution in [0.15, 0.2) is 60.8 Å². The molecule has 1 aliphatic heterocycles. The number of piperazine rings is 1. The van der Waals surface area contributed by atoms with Crippen molar-refractivity contribution in [3.8, 4) is 17.4 Å². The van der Waals surface area contributed by atoms with Crippen LogP contribution >= 0.6 is 11.6 Å². The molecule has 13 heteroatoms. The van der Waals surface area contributed by atoms with Gasteiger partial charge >= 0.3 is 0 Å². The summed E-state index contributed by atoms with van der Waals surface area (Å²) in [6.45, 7) is 18.1. The summed E-state index contributed by atoms with van der Waals surface area (Å²) in [5.74, 6) is -0.924. The first kappa shape index (κ1) is 38.5. The van der Waals surface area contributed by atoms with Crippen LogP contribution in [-0.4, -0.2) is 94.9 Å². The van der Waals surface area contributed by atoms with Crippen LogP contribution in [0, 0.1) is 19.7 Å². The number of nitrogens with zero attached hydrogens (tertiary/aromatic N) is 5. The minimum absolute atomic E-state index is 0.0353. The Labute approximate surface area is 310 Å². The molecule has 2 N–H and O–H groups in total. The summed E-state index contributed by atoms with van der Waals surface area (Å²) in [7, 11) is 0. The minimum atomic E-state index is -0.540. The average Bonchev–Trinajstić information content (AvgIpc) is 3.12. The van der Waals surface area contributed by atoms with Crippen molar-refractivity contribution in [2.75, 3.05) is 63.1 Å². The van der Waals surface area contributed by atoms with E-state index in [0.717, 1.165) is 37.3 Å². The number of carbonyl (C=O) groups is 2. The molecule has 0 spiro atoms. The Morgan fingerprint density at radius 2 is 1.67 bits per heavy atom. The monoisotopic (exact) mass is 731 g/mol. The second kappa shape index (κ2) is 17.6. The van der Waals surface area contributed by atoms with Gasteiger partial charge in [0.25, 0.3) is 11.8 Å². The Balaban J connectivity index is 1.33. The molecule has 4 aromatic rings. The van der Waals surface area contributed by atoms with Crippen molar-refractivity contribution in [1.82, 2.24) is 24.7 Å². The molecule has 0 aliphatic carbocycles. The van der Waals surface area contributed by atoms with Crippen LogP contribution in [0.5, 0.6) is 17.4 Å². The summed E-state index contributed by atoms with van der Waals surface area (Å²) in [6.07, 6.45) is 1.33. The van der Waals surface area contributed by atoms with Crippen LogP contribution in [0.2, 0.25) is 5.02 Å². The zero-order valence-corrected chi connectivity index (χ0v) is 31.4. The SMILES string of the molecule is CCN(CC)C(=O)c1ccc(Oc2nc(Nc3ccc(OCCN4CCN(C(C)C)CC4)c(F)c3)ncc2C(=O)Nc2c(C)cccc2C)c(Cl)c1. The van der Waals surface area contributed by atoms with Gasteiger partial charge in [0.2, 0.25) is 11.8 Å². The lowest BCUT2D eigenvalue weighted by Crippen LogP contribution is -2.49. The number of ether oxygens (including phenoxy) is 2. The van der Waals surface area contributed by atoms with E-state index in [9.17, 15) is 9.59 Å². The van der Waals surface area contributed by atoms with Gasteiger partial charge in [-0.15, -0.1) is 0 Å². The molecule has 0 atom stereocenters. The Kier molecular flexibility index (Phi) is 13.0. The maximum absolute atomic E-state index is 15.2. The molecule has 0 saturated carbocycles. The van der Waals surface area contributed by atoms with Gasteiger partial charge in [-0.3, -0.25) is 19.4 Å². The van der Waals surface area contributed by atoms with E-state index in [4.69, 9.17) is 21.1 Å². The van der Waals surface area contributed by atoms with Gasteiger partial charge in [-0.2, -0.15) is 4.98 Å². The third kappa shape index (κ3) is 9.55. The van der Waals surface area contributed by atoms with Crippen LogP contribution in [0.3, 0.4) is 0 Å². The third-order valence-corrected chi connectivity index (χ3v) is 9.44. The standard InChI is InChI=1S/C39H47ClFN7O4/c1-7-47(8-2)38(50)28-12-14-33(31(40)22-28)52-37-30(36(49)44-35-26(5)10-9-11-27(35)6)24-42-39(45-37)43-29-13-15-34(32(41)23-29)51-21-20-46-16-18-48(19-17-46)25(3)4/h9-15,22-25H,7-8,16-21H2,1-6H3,(H,44,49)(H,42,43,45). The molecule has 1 saturated heterocycles. The molecule has 2 heterocycles. The summed E-state index contributed by atoms with van der Waals surface area (Å²) in [4.78, 5) is 41.8. The fraction of sp³-hybridized carbons (Fsp3) is 0.385. The third-order valence-electron chi connectivity index (χ3n) is 9.14. The van der Waals surface area contributed by atoms with Gasteiger partial charge in [-0.1, -0.05) is 29.8 Å². The molecule has 1 fully saturated rings. The van der Waals surface area contributed by atoms with Gasteiger partial charge in [0, 0.05) is 81.1 Å². The van der Waals surface area contributed by atoms with E-state index >= 15 is 4.39 Å². The molecule has 0 unspecified atom stereocenters. The number of aryl methyl sites for hydroxylation is 2. The topological polar surface area (TPSA) is 112 Å². The van der Waals surface area contributed by atoms with E-state index in [1.165, 1.54) is 18.3 Å². The van der Waals surface area contributed by atoms with E-state index in [2.05, 4.69) is 44.2 Å². The number of benzene rings is 3. The van der Waals surface area contributed by atoms with Crippen molar-refractivity contribution in [3.63, 3.8) is 0 Å². The predicted octanol–water partition coefficient (Wildman–Crippen LogP) is 7.56. The number of hydrogen-bond acceptors (Lipinski definition) is 9. The maximum atomic E-state index is 15.2. The lowest BCUT2D eigenvalue weighted by atomic mass is 10.1. The molecule has 0 bridgehead atoms. The molecule has 1 aliphatic rings. The lowest BCUT2D eigenvalue weighted by Gasteiger charge is -2.36. The molecule has 2 amide bonds. The van der Waals surface area contributed by atoms with Gasteiger partial charge in [-0.25, -0.2) is 9.37 Å². The Morgan fingerprint density at radius 3 is 2.31 bits per heavy atom. The Bertz CT molecular complexity index is 1860. The molecular weight excluding hydrogens is 685 g/mol. The van der Waals surface area contributed by atoms with Crippen LogP contribution < -0.4 is 20.1 Å². The second-order valence-electron chi connectivity index (χ2n) is 12.9. The van der Waals surface area contributed by atoms with Crippen molar-refractivity contribution in [3.05, 3.63) is 93.9 Å². The van der Waals surface area contributed by atoms with Gasteiger partial charge < -0.3 is 25.0 Å². The smallest absolute Gasteiger partial charge is 0.262 e. The number of hydrogen-bond donors (Lipinski definition) is 2. The van der Waals surface area contributed by atoms with E-state index in [0.29, 0.717) is 49.2 Å². The van der Waals surface area contributed by atoms with Gasteiger partial charge in [0.15, 0.2) is 11.6 Å². The number of aromatic nitrogens is 2. The number of para-hydroxylation sites is 1. The summed E-state index contributed by atoms with van der Waals surface area (Å²) in [5.41, 5.74) is 3.22. The van der Waals surface area contributed by atoms with E-state index in [1.807, 2.05) is 45.9 Å². The number of rotatable bonds is 14. The number of nitrogens with one attached hydrogen (secondary N) is 2. The van der Waals surface area contributed by atoms with E-state index < -0.39 is 11.7 Å². The summed E-state index contributed by atoms with van der Waals surface area (Å²) >= 11 is 6.60. The summed E-state index contributed by atoms with van der Waals surface area (Å²) in [5, 5.41) is 6.09. The fourth-order valence-corrected chi connectivity index (χ4v) is 6.20.